The molecule has 2 aromatic carbocycles. The van der Waals surface area contributed by atoms with E-state index in [1.165, 1.54) is 24.0 Å². The van der Waals surface area contributed by atoms with Crippen molar-refractivity contribution in [3.05, 3.63) is 77.9 Å². The van der Waals surface area contributed by atoms with Gasteiger partial charge in [0.15, 0.2) is 0 Å². The zero-order chi connectivity index (χ0) is 32.8. The summed E-state index contributed by atoms with van der Waals surface area (Å²) in [5.74, 6) is -1.54. The Bertz CT molecular complexity index is 1400. The lowest BCUT2D eigenvalue weighted by Crippen LogP contribution is -2.61. The average Bonchev–Trinajstić information content (AvgIpc) is 2.93. The second kappa shape index (κ2) is 14.3. The maximum absolute atomic E-state index is 14.0. The highest BCUT2D eigenvalue weighted by Gasteiger charge is 2.41. The third kappa shape index (κ3) is 9.00. The number of carbonyl (C=O) groups excluding carboxylic acids is 3. The molecule has 0 heterocycles. The summed E-state index contributed by atoms with van der Waals surface area (Å²) in [5, 5.41) is 6.15. The zero-order valence-corrected chi connectivity index (χ0v) is 27.9. The van der Waals surface area contributed by atoms with Gasteiger partial charge in [0.2, 0.25) is 11.8 Å². The predicted octanol–water partition coefficient (Wildman–Crippen LogP) is 4.02. The number of sulfonamides is 1. The molecule has 0 bridgehead atoms. The molecule has 0 aromatic heterocycles. The van der Waals surface area contributed by atoms with Gasteiger partial charge in [-0.3, -0.25) is 14.4 Å². The van der Waals surface area contributed by atoms with Crippen LogP contribution in [0.2, 0.25) is 0 Å². The van der Waals surface area contributed by atoms with Crippen molar-refractivity contribution in [2.24, 2.45) is 11.3 Å². The Morgan fingerprint density at radius 1 is 0.860 bits per heavy atom. The predicted molar refractivity (Wildman–Crippen MR) is 171 cm³/mol. The van der Waals surface area contributed by atoms with Gasteiger partial charge >= 0.3 is 0 Å². The van der Waals surface area contributed by atoms with Crippen LogP contribution in [-0.4, -0.2) is 63.3 Å². The third-order valence-electron chi connectivity index (χ3n) is 7.73. The van der Waals surface area contributed by atoms with Crippen LogP contribution in [0.5, 0.6) is 0 Å². The molecule has 236 valence electrons. The fraction of sp³-hybridized carbons (Fsp3) is 0.485. The molecule has 0 radical (unpaired) electrons. The van der Waals surface area contributed by atoms with Gasteiger partial charge in [0.1, 0.15) is 6.04 Å². The second-order valence-corrected chi connectivity index (χ2v) is 14.6. The first kappa shape index (κ1) is 35.7. The van der Waals surface area contributed by atoms with Crippen LogP contribution in [0.4, 0.5) is 0 Å². The van der Waals surface area contributed by atoms with E-state index in [9.17, 15) is 22.8 Å². The zero-order valence-electron chi connectivity index (χ0n) is 27.1. The molecule has 3 atom stereocenters. The van der Waals surface area contributed by atoms with Gasteiger partial charge in [-0.15, -0.1) is 0 Å². The molecular formula is C33H48N4O5S. The molecule has 10 heteroatoms. The van der Waals surface area contributed by atoms with Crippen LogP contribution in [-0.2, 0) is 29.8 Å². The summed E-state index contributed by atoms with van der Waals surface area (Å²) in [7, 11) is -0.709. The number of nitrogens with one attached hydrogen (secondary N) is 3. The van der Waals surface area contributed by atoms with Crippen LogP contribution in [0.15, 0.2) is 77.2 Å². The number of rotatable bonds is 12. The molecule has 3 N–H and O–H groups in total. The summed E-state index contributed by atoms with van der Waals surface area (Å²) in [4.78, 5) is 42.2. The fourth-order valence-electron chi connectivity index (χ4n) is 5.02. The van der Waals surface area contributed by atoms with Gasteiger partial charge in [0.25, 0.3) is 15.9 Å². The lowest BCUT2D eigenvalue weighted by Gasteiger charge is -2.40. The van der Waals surface area contributed by atoms with Gasteiger partial charge in [-0.05, 0) is 43.0 Å². The van der Waals surface area contributed by atoms with E-state index in [4.69, 9.17) is 0 Å². The molecule has 2 aromatic rings. The molecule has 0 saturated heterocycles. The number of likely N-dealkylation sites (N-methyl/N-ethyl adjacent to an activating group) is 2. The molecule has 0 fully saturated rings. The van der Waals surface area contributed by atoms with E-state index in [2.05, 4.69) is 15.4 Å². The van der Waals surface area contributed by atoms with Crippen molar-refractivity contribution in [2.75, 3.05) is 14.1 Å². The summed E-state index contributed by atoms with van der Waals surface area (Å²) >= 11 is 0. The summed E-state index contributed by atoms with van der Waals surface area (Å²) in [5.41, 5.74) is -0.0922. The van der Waals surface area contributed by atoms with E-state index in [0.717, 1.165) is 5.56 Å². The number of benzene rings is 2. The largest absolute Gasteiger partial charge is 0.342 e. The Labute approximate surface area is 257 Å². The molecule has 0 aliphatic rings. The quantitative estimate of drug-likeness (QED) is 0.311. The first-order valence-electron chi connectivity index (χ1n) is 14.4. The van der Waals surface area contributed by atoms with Crippen molar-refractivity contribution < 1.29 is 22.8 Å². The van der Waals surface area contributed by atoms with Gasteiger partial charge in [-0.2, -0.15) is 0 Å². The van der Waals surface area contributed by atoms with Crippen molar-refractivity contribution >= 4 is 27.7 Å². The van der Waals surface area contributed by atoms with Crippen molar-refractivity contribution in [3.63, 3.8) is 0 Å². The lowest BCUT2D eigenvalue weighted by atomic mass is 9.76. The number of nitrogens with zero attached hydrogens (tertiary/aromatic N) is 1. The minimum atomic E-state index is -4.06. The SMILES string of the molecule is CNC(C(=O)NC(C(=O)N(C)C(C=C(C)C(=O)NS(=O)(=O)c1ccccc1)C(C)C)C(C)(C)C)C(C)(C)c1ccccc1. The first-order chi connectivity index (χ1) is 19.8. The Morgan fingerprint density at radius 2 is 1.37 bits per heavy atom. The molecule has 0 saturated carbocycles. The summed E-state index contributed by atoms with van der Waals surface area (Å²) in [6.45, 7) is 14.9. The fourth-order valence-corrected chi connectivity index (χ4v) is 6.06. The van der Waals surface area contributed by atoms with Gasteiger partial charge < -0.3 is 15.5 Å². The highest BCUT2D eigenvalue weighted by molar-refractivity contribution is 7.90. The number of amides is 3. The molecule has 0 spiro atoms. The number of carbonyl (C=O) groups is 3. The van der Waals surface area contributed by atoms with E-state index >= 15 is 0 Å². The highest BCUT2D eigenvalue weighted by atomic mass is 32.2. The molecule has 9 nitrogen and oxygen atoms in total. The molecule has 0 aliphatic carbocycles. The van der Waals surface area contributed by atoms with Crippen LogP contribution in [0.25, 0.3) is 0 Å². The topological polar surface area (TPSA) is 125 Å². The molecule has 43 heavy (non-hydrogen) atoms. The molecule has 0 aliphatic heterocycles. The van der Waals surface area contributed by atoms with E-state index in [0.29, 0.717) is 0 Å². The van der Waals surface area contributed by atoms with Gasteiger partial charge in [0.05, 0.1) is 17.0 Å². The molecular weight excluding hydrogens is 564 g/mol. The van der Waals surface area contributed by atoms with E-state index in [-0.39, 0.29) is 28.2 Å². The van der Waals surface area contributed by atoms with Crippen molar-refractivity contribution in [1.29, 1.82) is 0 Å². The highest BCUT2D eigenvalue weighted by Crippen LogP contribution is 2.29. The monoisotopic (exact) mass is 612 g/mol. The molecule has 3 amide bonds. The average molecular weight is 613 g/mol. The maximum Gasteiger partial charge on any atom is 0.264 e. The lowest BCUT2D eigenvalue weighted by molar-refractivity contribution is -0.140. The van der Waals surface area contributed by atoms with Gasteiger partial charge in [-0.25, -0.2) is 13.1 Å². The van der Waals surface area contributed by atoms with E-state index in [1.807, 2.05) is 78.8 Å². The van der Waals surface area contributed by atoms with E-state index < -0.39 is 44.9 Å². The standard InChI is InChI=1S/C33H48N4O5S/c1-22(2)26(21-23(3)29(38)36-43(41,42)25-19-15-12-16-20-25)37(10)31(40)28(32(4,5)6)35-30(39)27(34-9)33(7,8)24-17-13-11-14-18-24/h11-22,26-28,34H,1-10H3,(H,35,39)(H,36,38). The minimum Gasteiger partial charge on any atom is -0.342 e. The van der Waals surface area contributed by atoms with Crippen LogP contribution >= 0.6 is 0 Å². The Balaban J connectivity index is 2.33. The van der Waals surface area contributed by atoms with Gasteiger partial charge in [0, 0.05) is 18.0 Å². The first-order valence-corrected chi connectivity index (χ1v) is 15.9. The smallest absolute Gasteiger partial charge is 0.264 e. The Morgan fingerprint density at radius 3 is 1.84 bits per heavy atom. The summed E-state index contributed by atoms with van der Waals surface area (Å²) in [6.07, 6.45) is 1.59. The van der Waals surface area contributed by atoms with Crippen LogP contribution < -0.4 is 15.4 Å². The molecule has 2 rings (SSSR count). The van der Waals surface area contributed by atoms with E-state index in [1.54, 1.807) is 38.4 Å². The maximum atomic E-state index is 14.0. The number of hydrogen-bond acceptors (Lipinski definition) is 6. The van der Waals surface area contributed by atoms with Crippen LogP contribution in [0.3, 0.4) is 0 Å². The van der Waals surface area contributed by atoms with Crippen LogP contribution in [0, 0.1) is 11.3 Å². The third-order valence-corrected chi connectivity index (χ3v) is 9.07. The second-order valence-electron chi connectivity index (χ2n) is 12.9. The number of hydrogen-bond donors (Lipinski definition) is 3. The summed E-state index contributed by atoms with van der Waals surface area (Å²) in [6, 6.07) is 15.3. The molecule has 3 unspecified atom stereocenters. The summed E-state index contributed by atoms with van der Waals surface area (Å²) < 4.78 is 27.5. The minimum absolute atomic E-state index is 0.0251. The van der Waals surface area contributed by atoms with Crippen molar-refractivity contribution in [1.82, 2.24) is 20.3 Å². The normalized spacial score (nSPS) is 14.9. The Hall–Kier alpha value is -3.50. The Kier molecular flexibility index (Phi) is 11.9. The van der Waals surface area contributed by atoms with Crippen molar-refractivity contribution in [3.8, 4) is 0 Å². The van der Waals surface area contributed by atoms with Crippen LogP contribution in [0.1, 0.15) is 61.0 Å². The van der Waals surface area contributed by atoms with Crippen molar-refractivity contribution in [2.45, 2.75) is 83.8 Å². The van der Waals surface area contributed by atoms with Gasteiger partial charge in [-0.1, -0.05) is 103 Å².